The van der Waals surface area contributed by atoms with Crippen molar-refractivity contribution in [3.8, 4) is 5.75 Å². The van der Waals surface area contributed by atoms with E-state index in [1.54, 1.807) is 19.2 Å². The van der Waals surface area contributed by atoms with E-state index < -0.39 is 0 Å². The fourth-order valence-electron chi connectivity index (χ4n) is 3.82. The number of hydrogen-bond acceptors (Lipinski definition) is 6. The van der Waals surface area contributed by atoms with Crippen molar-refractivity contribution < 1.29 is 24.5 Å². The number of benzene rings is 2. The molecule has 0 spiro atoms. The van der Waals surface area contributed by atoms with Gasteiger partial charge in [-0.2, -0.15) is 0 Å². The molecule has 0 saturated carbocycles. The van der Waals surface area contributed by atoms with Crippen LogP contribution in [-0.4, -0.2) is 55.4 Å². The van der Waals surface area contributed by atoms with E-state index in [1.165, 1.54) is 12.7 Å². The van der Waals surface area contributed by atoms with Crippen molar-refractivity contribution in [2.24, 2.45) is 0 Å². The molecule has 31 heavy (non-hydrogen) atoms. The maximum Gasteiger partial charge on any atom is 0.313 e. The van der Waals surface area contributed by atoms with Crippen molar-refractivity contribution in [2.45, 2.75) is 45.3 Å². The van der Waals surface area contributed by atoms with Gasteiger partial charge in [0.25, 0.3) is 0 Å². The maximum atomic E-state index is 12.4. The van der Waals surface area contributed by atoms with E-state index in [-0.39, 0.29) is 25.1 Å². The van der Waals surface area contributed by atoms with Crippen LogP contribution in [0.5, 0.6) is 5.75 Å². The molecule has 2 rings (SSSR count). The lowest BCUT2D eigenvalue weighted by atomic mass is 9.91. The van der Waals surface area contributed by atoms with Gasteiger partial charge >= 0.3 is 5.97 Å². The predicted octanol–water partition coefficient (Wildman–Crippen LogP) is 3.20. The van der Waals surface area contributed by atoms with Crippen molar-refractivity contribution >= 4 is 5.97 Å². The van der Waals surface area contributed by atoms with Crippen LogP contribution in [0.3, 0.4) is 0 Å². The Morgan fingerprint density at radius 1 is 1.03 bits per heavy atom. The predicted molar refractivity (Wildman–Crippen MR) is 121 cm³/mol. The number of nitrogens with zero attached hydrogens (tertiary/aromatic N) is 1. The van der Waals surface area contributed by atoms with Gasteiger partial charge in [0, 0.05) is 6.54 Å². The van der Waals surface area contributed by atoms with E-state index in [9.17, 15) is 15.0 Å². The van der Waals surface area contributed by atoms with Crippen molar-refractivity contribution in [3.63, 3.8) is 0 Å². The number of hydrogen-bond donors (Lipinski definition) is 2. The van der Waals surface area contributed by atoms with Crippen molar-refractivity contribution in [1.29, 1.82) is 0 Å². The number of methoxy groups -OCH3 is 2. The number of esters is 1. The zero-order valence-corrected chi connectivity index (χ0v) is 19.1. The molecule has 0 aromatic heterocycles. The van der Waals surface area contributed by atoms with E-state index in [1.807, 2.05) is 19.1 Å². The van der Waals surface area contributed by atoms with E-state index >= 15 is 0 Å². The molecule has 170 valence electrons. The summed E-state index contributed by atoms with van der Waals surface area (Å²) in [6.45, 7) is 3.52. The fourth-order valence-corrected chi connectivity index (χ4v) is 3.82. The summed E-state index contributed by atoms with van der Waals surface area (Å²) < 4.78 is 10.3. The van der Waals surface area contributed by atoms with Gasteiger partial charge in [-0.3, -0.25) is 4.79 Å². The van der Waals surface area contributed by atoms with Gasteiger partial charge in [-0.1, -0.05) is 30.3 Å². The minimum absolute atomic E-state index is 0.141. The third kappa shape index (κ3) is 7.06. The van der Waals surface area contributed by atoms with Crippen LogP contribution < -0.4 is 4.74 Å². The van der Waals surface area contributed by atoms with E-state index in [2.05, 4.69) is 24.1 Å². The first kappa shape index (κ1) is 24.9. The third-order valence-electron chi connectivity index (χ3n) is 5.73. The molecule has 0 heterocycles. The lowest BCUT2D eigenvalue weighted by Gasteiger charge is -2.20. The number of aryl methyl sites for hydroxylation is 1. The quantitative estimate of drug-likeness (QED) is 0.505. The van der Waals surface area contributed by atoms with Gasteiger partial charge in [0.05, 0.1) is 33.4 Å². The Bertz CT molecular complexity index is 852. The molecule has 0 bridgehead atoms. The van der Waals surface area contributed by atoms with Gasteiger partial charge in [0.2, 0.25) is 0 Å². The number of carbonyl (C=O) groups is 1. The Labute approximate surface area is 185 Å². The number of aliphatic hydroxyl groups is 2. The average Bonchev–Trinajstić information content (AvgIpc) is 2.79. The van der Waals surface area contributed by atoms with Crippen molar-refractivity contribution in [3.05, 3.63) is 64.2 Å². The normalized spacial score (nSPS) is 12.1. The molecule has 0 radical (unpaired) electrons. The zero-order valence-electron chi connectivity index (χ0n) is 19.1. The van der Waals surface area contributed by atoms with Crippen molar-refractivity contribution in [1.82, 2.24) is 4.90 Å². The molecule has 6 nitrogen and oxygen atoms in total. The fraction of sp³-hybridized carbons (Fsp3) is 0.480. The molecular formula is C25H35NO5. The van der Waals surface area contributed by atoms with Gasteiger partial charge in [-0.05, 0) is 73.7 Å². The van der Waals surface area contributed by atoms with Crippen LogP contribution in [0.15, 0.2) is 36.4 Å². The molecule has 2 aromatic rings. The minimum Gasteiger partial charge on any atom is -0.496 e. The summed E-state index contributed by atoms with van der Waals surface area (Å²) in [4.78, 5) is 14.6. The first-order valence-corrected chi connectivity index (χ1v) is 10.7. The van der Waals surface area contributed by atoms with Gasteiger partial charge in [0.15, 0.2) is 0 Å². The minimum atomic E-state index is -0.388. The Kier molecular flexibility index (Phi) is 9.98. The Hall–Kier alpha value is -2.41. The van der Waals surface area contributed by atoms with E-state index in [0.29, 0.717) is 17.5 Å². The SMILES string of the molecule is COC(=O)C(CCCN(C)CCc1ccc(OC)c(C)c1)c1ccc(CO)c(CO)c1. The molecule has 1 atom stereocenters. The Morgan fingerprint density at radius 3 is 2.39 bits per heavy atom. The molecule has 2 aromatic carbocycles. The van der Waals surface area contributed by atoms with Crippen molar-refractivity contribution in [2.75, 3.05) is 34.4 Å². The highest BCUT2D eigenvalue weighted by molar-refractivity contribution is 5.78. The monoisotopic (exact) mass is 429 g/mol. The van der Waals surface area contributed by atoms with Gasteiger partial charge in [-0.25, -0.2) is 0 Å². The average molecular weight is 430 g/mol. The van der Waals surface area contributed by atoms with Crippen LogP contribution in [0.1, 0.15) is 46.6 Å². The second-order valence-electron chi connectivity index (χ2n) is 7.92. The molecular weight excluding hydrogens is 394 g/mol. The van der Waals surface area contributed by atoms with Crippen LogP contribution in [-0.2, 0) is 29.2 Å². The third-order valence-corrected chi connectivity index (χ3v) is 5.73. The molecule has 0 fully saturated rings. The van der Waals surface area contributed by atoms with Gasteiger partial charge in [0.1, 0.15) is 5.75 Å². The summed E-state index contributed by atoms with van der Waals surface area (Å²) >= 11 is 0. The molecule has 0 saturated heterocycles. The Morgan fingerprint density at radius 2 is 1.77 bits per heavy atom. The summed E-state index contributed by atoms with van der Waals surface area (Å²) in [6.07, 6.45) is 2.44. The summed E-state index contributed by atoms with van der Waals surface area (Å²) in [7, 11) is 5.17. The number of carbonyl (C=O) groups excluding carboxylic acids is 1. The molecule has 0 aliphatic carbocycles. The smallest absolute Gasteiger partial charge is 0.313 e. The number of likely N-dealkylation sites (N-methyl/N-ethyl adjacent to an activating group) is 1. The molecule has 0 aliphatic rings. The summed E-state index contributed by atoms with van der Waals surface area (Å²) in [5.41, 5.74) is 4.53. The summed E-state index contributed by atoms with van der Waals surface area (Å²) in [5.74, 6) is 0.236. The topological polar surface area (TPSA) is 79.2 Å². The molecule has 2 N–H and O–H groups in total. The summed E-state index contributed by atoms with van der Waals surface area (Å²) in [5, 5.41) is 19.0. The van der Waals surface area contributed by atoms with E-state index in [0.717, 1.165) is 42.8 Å². The number of rotatable bonds is 12. The lowest BCUT2D eigenvalue weighted by Crippen LogP contribution is -2.24. The summed E-state index contributed by atoms with van der Waals surface area (Å²) in [6, 6.07) is 11.7. The maximum absolute atomic E-state index is 12.4. The molecule has 0 aliphatic heterocycles. The zero-order chi connectivity index (χ0) is 22.8. The van der Waals surface area contributed by atoms with Crippen LogP contribution in [0.4, 0.5) is 0 Å². The first-order chi connectivity index (χ1) is 14.9. The second-order valence-corrected chi connectivity index (χ2v) is 7.92. The Balaban J connectivity index is 1.92. The number of ether oxygens (including phenoxy) is 2. The molecule has 0 amide bonds. The highest BCUT2D eigenvalue weighted by Crippen LogP contribution is 2.26. The standard InChI is InChI=1S/C25H35NO5/c1-18-14-19(7-10-24(18)30-3)11-13-26(2)12-5-6-23(25(29)31-4)20-8-9-21(16-27)22(15-20)17-28/h7-10,14-15,23,27-28H,5-6,11-13,16-17H2,1-4H3. The van der Waals surface area contributed by atoms with Gasteiger partial charge in [-0.15, -0.1) is 0 Å². The molecule has 1 unspecified atom stereocenters. The highest BCUT2D eigenvalue weighted by atomic mass is 16.5. The van der Waals surface area contributed by atoms with Crippen LogP contribution in [0.2, 0.25) is 0 Å². The van der Waals surface area contributed by atoms with E-state index in [4.69, 9.17) is 9.47 Å². The van der Waals surface area contributed by atoms with Gasteiger partial charge < -0.3 is 24.6 Å². The number of aliphatic hydroxyl groups excluding tert-OH is 2. The lowest BCUT2D eigenvalue weighted by molar-refractivity contribution is -0.142. The van der Waals surface area contributed by atoms with Crippen LogP contribution in [0, 0.1) is 6.92 Å². The molecule has 6 heteroatoms. The first-order valence-electron chi connectivity index (χ1n) is 10.7. The highest BCUT2D eigenvalue weighted by Gasteiger charge is 2.22. The van der Waals surface area contributed by atoms with Crippen LogP contribution >= 0.6 is 0 Å². The largest absolute Gasteiger partial charge is 0.496 e. The van der Waals surface area contributed by atoms with Crippen LogP contribution in [0.25, 0.3) is 0 Å². The second kappa shape index (κ2) is 12.4.